The van der Waals surface area contributed by atoms with E-state index in [1.807, 2.05) is 49.1 Å². The minimum absolute atomic E-state index is 0.0470. The third kappa shape index (κ3) is 5.98. The van der Waals surface area contributed by atoms with E-state index < -0.39 is 6.04 Å². The molecule has 8 nitrogen and oxygen atoms in total. The summed E-state index contributed by atoms with van der Waals surface area (Å²) in [4.78, 5) is 43.0. The van der Waals surface area contributed by atoms with Crippen LogP contribution >= 0.6 is 0 Å². The third-order valence-corrected chi connectivity index (χ3v) is 7.10. The number of carbonyl (C=O) groups excluding carboxylic acids is 3. The number of aryl methyl sites for hydroxylation is 1. The van der Waals surface area contributed by atoms with Crippen LogP contribution in [0.4, 0.5) is 0 Å². The zero-order chi connectivity index (χ0) is 25.5. The molecule has 4 rings (SSSR count). The minimum atomic E-state index is -0.649. The molecule has 2 aromatic carbocycles. The van der Waals surface area contributed by atoms with Crippen molar-refractivity contribution >= 4 is 17.7 Å². The van der Waals surface area contributed by atoms with E-state index in [2.05, 4.69) is 5.32 Å². The van der Waals surface area contributed by atoms with Gasteiger partial charge in [0.25, 0.3) is 5.91 Å². The summed E-state index contributed by atoms with van der Waals surface area (Å²) in [5.41, 5.74) is 1.57. The first-order chi connectivity index (χ1) is 17.5. The molecule has 2 aliphatic rings. The number of benzene rings is 2. The van der Waals surface area contributed by atoms with E-state index in [1.165, 1.54) is 0 Å². The molecule has 0 saturated carbocycles. The second-order valence-electron chi connectivity index (χ2n) is 9.23. The van der Waals surface area contributed by atoms with Crippen molar-refractivity contribution in [3.05, 3.63) is 59.7 Å². The van der Waals surface area contributed by atoms with Crippen molar-refractivity contribution in [3.8, 4) is 11.5 Å². The molecule has 1 fully saturated rings. The quantitative estimate of drug-likeness (QED) is 0.579. The van der Waals surface area contributed by atoms with Crippen LogP contribution in [-0.2, 0) is 16.0 Å². The summed E-state index contributed by atoms with van der Waals surface area (Å²) >= 11 is 0. The average molecular weight is 494 g/mol. The highest BCUT2D eigenvalue weighted by Gasteiger charge is 2.35. The van der Waals surface area contributed by atoms with Crippen LogP contribution in [0.1, 0.15) is 49.0 Å². The van der Waals surface area contributed by atoms with Crippen LogP contribution < -0.4 is 14.8 Å². The summed E-state index contributed by atoms with van der Waals surface area (Å²) in [6.07, 6.45) is 2.51. The summed E-state index contributed by atoms with van der Waals surface area (Å²) < 4.78 is 10.7. The lowest BCUT2D eigenvalue weighted by atomic mass is 9.88. The number of carbonyl (C=O) groups is 3. The van der Waals surface area contributed by atoms with E-state index in [-0.39, 0.29) is 30.4 Å². The molecule has 0 spiro atoms. The largest absolute Gasteiger partial charge is 0.454 e. The van der Waals surface area contributed by atoms with Crippen LogP contribution in [0.5, 0.6) is 11.5 Å². The number of rotatable bonds is 9. The van der Waals surface area contributed by atoms with Crippen molar-refractivity contribution in [2.24, 2.45) is 5.92 Å². The maximum atomic E-state index is 13.4. The van der Waals surface area contributed by atoms with Crippen molar-refractivity contribution in [1.29, 1.82) is 0 Å². The van der Waals surface area contributed by atoms with Crippen molar-refractivity contribution in [1.82, 2.24) is 15.1 Å². The van der Waals surface area contributed by atoms with E-state index in [4.69, 9.17) is 9.47 Å². The number of fused-ring (bicyclic) bond motifs is 1. The van der Waals surface area contributed by atoms with Crippen molar-refractivity contribution in [2.75, 3.05) is 33.0 Å². The first kappa shape index (κ1) is 25.5. The Morgan fingerprint density at radius 3 is 2.39 bits per heavy atom. The molecule has 2 heterocycles. The Bertz CT molecular complexity index is 1060. The van der Waals surface area contributed by atoms with E-state index in [1.54, 1.807) is 23.1 Å². The van der Waals surface area contributed by atoms with Gasteiger partial charge in [0, 0.05) is 38.2 Å². The monoisotopic (exact) mass is 493 g/mol. The molecular weight excluding hydrogens is 458 g/mol. The smallest absolute Gasteiger partial charge is 0.252 e. The number of piperidine rings is 1. The SMILES string of the molecule is CCN(CC)C(=O)C(NC(=O)c1ccc2c(c1)OCO2)C1CCN(C(=O)CCc2ccccc2)CC1. The standard InChI is InChI=1S/C28H35N3O5/c1-3-30(4-2)28(34)26(29-27(33)22-11-12-23-24(18-22)36-19-35-23)21-14-16-31(17-15-21)25(32)13-10-20-8-6-5-7-9-20/h5-9,11-12,18,21,26H,3-4,10,13-17,19H2,1-2H3,(H,29,33). The predicted molar refractivity (Wildman–Crippen MR) is 136 cm³/mol. The normalized spacial score (nSPS) is 15.9. The summed E-state index contributed by atoms with van der Waals surface area (Å²) in [6, 6.07) is 14.4. The average Bonchev–Trinajstić information content (AvgIpc) is 3.39. The van der Waals surface area contributed by atoms with Crippen LogP contribution in [0.3, 0.4) is 0 Å². The van der Waals surface area contributed by atoms with Crippen molar-refractivity contribution < 1.29 is 23.9 Å². The second kappa shape index (κ2) is 11.9. The van der Waals surface area contributed by atoms with Gasteiger partial charge < -0.3 is 24.6 Å². The molecule has 0 aromatic heterocycles. The molecule has 8 heteroatoms. The van der Waals surface area contributed by atoms with E-state index in [0.29, 0.717) is 68.9 Å². The highest BCUT2D eigenvalue weighted by molar-refractivity contribution is 5.98. The highest BCUT2D eigenvalue weighted by Crippen LogP contribution is 2.32. The lowest BCUT2D eigenvalue weighted by Gasteiger charge is -2.37. The maximum absolute atomic E-state index is 13.4. The van der Waals surface area contributed by atoms with E-state index in [0.717, 1.165) is 5.56 Å². The van der Waals surface area contributed by atoms with Crippen LogP contribution in [0.15, 0.2) is 48.5 Å². The van der Waals surface area contributed by atoms with Crippen LogP contribution in [0, 0.1) is 5.92 Å². The fourth-order valence-electron chi connectivity index (χ4n) is 4.91. The molecule has 36 heavy (non-hydrogen) atoms. The Morgan fingerprint density at radius 2 is 1.69 bits per heavy atom. The number of amides is 3. The van der Waals surface area contributed by atoms with Crippen molar-refractivity contribution in [3.63, 3.8) is 0 Å². The van der Waals surface area contributed by atoms with E-state index >= 15 is 0 Å². The fourth-order valence-corrected chi connectivity index (χ4v) is 4.91. The zero-order valence-electron chi connectivity index (χ0n) is 21.1. The Labute approximate surface area is 212 Å². The molecule has 1 atom stereocenters. The zero-order valence-corrected chi connectivity index (χ0v) is 21.1. The van der Waals surface area contributed by atoms with E-state index in [9.17, 15) is 14.4 Å². The molecule has 0 bridgehead atoms. The van der Waals surface area contributed by atoms with Gasteiger partial charge in [-0.3, -0.25) is 14.4 Å². The summed E-state index contributed by atoms with van der Waals surface area (Å²) in [5, 5.41) is 3.00. The second-order valence-corrected chi connectivity index (χ2v) is 9.23. The number of hydrogen-bond acceptors (Lipinski definition) is 5. The summed E-state index contributed by atoms with van der Waals surface area (Å²) in [5.74, 6) is 0.814. The van der Waals surface area contributed by atoms with Gasteiger partial charge in [-0.05, 0) is 62.8 Å². The molecule has 1 saturated heterocycles. The Morgan fingerprint density at radius 1 is 1.00 bits per heavy atom. The lowest BCUT2D eigenvalue weighted by molar-refractivity contribution is -0.136. The minimum Gasteiger partial charge on any atom is -0.454 e. The lowest BCUT2D eigenvalue weighted by Crippen LogP contribution is -2.54. The molecule has 0 radical (unpaired) electrons. The number of nitrogens with one attached hydrogen (secondary N) is 1. The van der Waals surface area contributed by atoms with Gasteiger partial charge in [-0.25, -0.2) is 0 Å². The van der Waals surface area contributed by atoms with Gasteiger partial charge in [0.1, 0.15) is 6.04 Å². The molecule has 192 valence electrons. The molecule has 2 aliphatic heterocycles. The Hall–Kier alpha value is -3.55. The van der Waals surface area contributed by atoms with Gasteiger partial charge >= 0.3 is 0 Å². The summed E-state index contributed by atoms with van der Waals surface area (Å²) in [7, 11) is 0. The van der Waals surface area contributed by atoms with Gasteiger partial charge in [0.05, 0.1) is 0 Å². The van der Waals surface area contributed by atoms with Gasteiger partial charge in [-0.2, -0.15) is 0 Å². The predicted octanol–water partition coefficient (Wildman–Crippen LogP) is 3.25. The summed E-state index contributed by atoms with van der Waals surface area (Å²) in [6.45, 7) is 6.32. The van der Waals surface area contributed by atoms with Crippen LogP contribution in [0.2, 0.25) is 0 Å². The first-order valence-electron chi connectivity index (χ1n) is 12.8. The first-order valence-corrected chi connectivity index (χ1v) is 12.8. The van der Waals surface area contributed by atoms with Gasteiger partial charge in [-0.15, -0.1) is 0 Å². The van der Waals surface area contributed by atoms with Gasteiger partial charge in [-0.1, -0.05) is 30.3 Å². The van der Waals surface area contributed by atoms with Crippen molar-refractivity contribution in [2.45, 2.75) is 45.6 Å². The molecular formula is C28H35N3O5. The van der Waals surface area contributed by atoms with Crippen LogP contribution in [0.25, 0.3) is 0 Å². The third-order valence-electron chi connectivity index (χ3n) is 7.10. The highest BCUT2D eigenvalue weighted by atomic mass is 16.7. The number of ether oxygens (including phenoxy) is 2. The number of nitrogens with zero attached hydrogens (tertiary/aromatic N) is 2. The number of likely N-dealkylation sites (N-methyl/N-ethyl adjacent to an activating group) is 1. The Kier molecular flexibility index (Phi) is 8.46. The van der Waals surface area contributed by atoms with Gasteiger partial charge in [0.2, 0.25) is 18.6 Å². The fraction of sp³-hybridized carbons (Fsp3) is 0.464. The van der Waals surface area contributed by atoms with Gasteiger partial charge in [0.15, 0.2) is 11.5 Å². The topological polar surface area (TPSA) is 88.2 Å². The Balaban J connectivity index is 1.40. The number of hydrogen-bond donors (Lipinski definition) is 1. The molecule has 3 amide bonds. The molecule has 1 N–H and O–H groups in total. The number of likely N-dealkylation sites (tertiary alicyclic amines) is 1. The molecule has 2 aromatic rings. The molecule has 1 unspecified atom stereocenters. The maximum Gasteiger partial charge on any atom is 0.252 e. The van der Waals surface area contributed by atoms with Crippen LogP contribution in [-0.4, -0.2) is 66.5 Å². The molecule has 0 aliphatic carbocycles.